The van der Waals surface area contributed by atoms with Crippen LogP contribution in [-0.4, -0.2) is 47.7 Å². The maximum atomic E-state index is 12.7. The quantitative estimate of drug-likeness (QED) is 0.297. The number of methoxy groups -OCH3 is 2. The Kier molecular flexibility index (Phi) is 6.70. The van der Waals surface area contributed by atoms with Crippen molar-refractivity contribution in [2.75, 3.05) is 29.6 Å². The molecule has 15 heteroatoms. The molecule has 13 nitrogen and oxygen atoms in total. The van der Waals surface area contributed by atoms with Crippen LogP contribution >= 0.6 is 12.2 Å². The Morgan fingerprint density at radius 2 is 1.72 bits per heavy atom. The fraction of sp³-hybridized carbons (Fsp3) is 0.118. The van der Waals surface area contributed by atoms with E-state index in [1.54, 1.807) is 0 Å². The van der Waals surface area contributed by atoms with Gasteiger partial charge in [-0.3, -0.25) is 19.5 Å². The number of nitrogens with one attached hydrogen (secondary N) is 5. The molecule has 0 amide bonds. The molecule has 0 unspecified atom stereocenters. The third kappa shape index (κ3) is 5.79. The molecule has 2 aromatic heterocycles. The zero-order valence-corrected chi connectivity index (χ0v) is 18.3. The molecule has 0 aliphatic heterocycles. The summed E-state index contributed by atoms with van der Waals surface area (Å²) in [6, 6.07) is 8.00. The zero-order valence-electron chi connectivity index (χ0n) is 16.6. The summed E-state index contributed by atoms with van der Waals surface area (Å²) in [6.07, 6.45) is 0. The van der Waals surface area contributed by atoms with Gasteiger partial charge in [-0.2, -0.15) is 9.97 Å². The van der Waals surface area contributed by atoms with Gasteiger partial charge in [0, 0.05) is 17.8 Å². The molecule has 0 bridgehead atoms. The lowest BCUT2D eigenvalue weighted by molar-refractivity contribution is 0.353. The number of H-pyrrole nitrogens is 2. The molecule has 0 fully saturated rings. The van der Waals surface area contributed by atoms with Gasteiger partial charge in [0.1, 0.15) is 5.82 Å². The molecule has 168 valence electrons. The van der Waals surface area contributed by atoms with E-state index in [1.807, 2.05) is 4.98 Å². The summed E-state index contributed by atoms with van der Waals surface area (Å²) in [4.78, 5) is 34.8. The van der Waals surface area contributed by atoms with E-state index >= 15 is 0 Å². The Morgan fingerprint density at radius 1 is 1.00 bits per heavy atom. The first kappa shape index (κ1) is 22.7. The largest absolute Gasteiger partial charge is 0.481 e. The zero-order chi connectivity index (χ0) is 23.3. The number of thiocarbonyl (C=S) groups is 1. The van der Waals surface area contributed by atoms with E-state index in [1.165, 1.54) is 44.6 Å². The topological polar surface area (TPSA) is 180 Å². The Bertz CT molecular complexity index is 1300. The highest BCUT2D eigenvalue weighted by Crippen LogP contribution is 2.21. The number of hydrogen-bond donors (Lipinski definition) is 5. The van der Waals surface area contributed by atoms with Gasteiger partial charge < -0.3 is 20.1 Å². The van der Waals surface area contributed by atoms with Crippen LogP contribution in [0.2, 0.25) is 0 Å². The van der Waals surface area contributed by atoms with Gasteiger partial charge in [0.15, 0.2) is 10.9 Å². The van der Waals surface area contributed by atoms with Crippen molar-refractivity contribution in [2.24, 2.45) is 0 Å². The van der Waals surface area contributed by atoms with Gasteiger partial charge >= 0.3 is 11.7 Å². The Hall–Kier alpha value is -3.98. The van der Waals surface area contributed by atoms with E-state index < -0.39 is 21.3 Å². The van der Waals surface area contributed by atoms with Crippen molar-refractivity contribution in [1.82, 2.24) is 19.9 Å². The first-order chi connectivity index (χ1) is 15.2. The predicted octanol–water partition coefficient (Wildman–Crippen LogP) is 0.480. The maximum absolute atomic E-state index is 12.7. The fourth-order valence-electron chi connectivity index (χ4n) is 2.39. The summed E-state index contributed by atoms with van der Waals surface area (Å²) < 4.78 is 37.6. The summed E-state index contributed by atoms with van der Waals surface area (Å²) in [6.45, 7) is 0. The second-order valence-corrected chi connectivity index (χ2v) is 8.08. The number of benzene rings is 1. The van der Waals surface area contributed by atoms with E-state index in [9.17, 15) is 18.0 Å². The van der Waals surface area contributed by atoms with Crippen LogP contribution in [0.3, 0.4) is 0 Å². The molecule has 2 heterocycles. The van der Waals surface area contributed by atoms with Gasteiger partial charge in [-0.1, -0.05) is 0 Å². The molecule has 0 radical (unpaired) electrons. The summed E-state index contributed by atoms with van der Waals surface area (Å²) in [7, 11) is -1.26. The molecule has 0 aliphatic carbocycles. The molecule has 5 N–H and O–H groups in total. The molecule has 0 atom stereocenters. The van der Waals surface area contributed by atoms with Gasteiger partial charge in [-0.15, -0.1) is 0 Å². The van der Waals surface area contributed by atoms with Crippen molar-refractivity contribution in [3.63, 3.8) is 0 Å². The smallest absolute Gasteiger partial charge is 0.327 e. The van der Waals surface area contributed by atoms with E-state index in [0.717, 1.165) is 6.07 Å². The van der Waals surface area contributed by atoms with Gasteiger partial charge in [0.2, 0.25) is 5.88 Å². The lowest BCUT2D eigenvalue weighted by Crippen LogP contribution is -2.26. The van der Waals surface area contributed by atoms with Crippen LogP contribution in [0.1, 0.15) is 0 Å². The Morgan fingerprint density at radius 3 is 2.34 bits per heavy atom. The summed E-state index contributed by atoms with van der Waals surface area (Å²) in [5.41, 5.74) is -0.831. The van der Waals surface area contributed by atoms with Crippen LogP contribution in [0.4, 0.5) is 17.3 Å². The van der Waals surface area contributed by atoms with Crippen LogP contribution in [0.5, 0.6) is 11.9 Å². The third-order valence-electron chi connectivity index (χ3n) is 3.74. The molecule has 32 heavy (non-hydrogen) atoms. The summed E-state index contributed by atoms with van der Waals surface area (Å²) in [5.74, 6) is 0.181. The van der Waals surface area contributed by atoms with Crippen molar-refractivity contribution < 1.29 is 17.9 Å². The number of aromatic amines is 2. The number of sulfonamides is 1. The number of rotatable bonds is 7. The average Bonchev–Trinajstić information content (AvgIpc) is 2.72. The van der Waals surface area contributed by atoms with Crippen LogP contribution in [0.15, 0.2) is 50.9 Å². The number of aromatic nitrogens is 4. The monoisotopic (exact) mass is 479 g/mol. The standard InChI is InChI=1S/C17H17N7O6S2/c1-29-14-8-12(20-16(23-14)30-2)24-32(27,28)10-5-3-9(4-6-10)18-17(31)21-11-7-13(25)22-15(26)19-11/h3-8H,1-2H3,(H,20,23,24)(H4,18,19,21,22,25,26,31). The molecule has 3 aromatic rings. The predicted molar refractivity (Wildman–Crippen MR) is 120 cm³/mol. The van der Waals surface area contributed by atoms with Crippen LogP contribution < -0.4 is 36.1 Å². The number of hydrogen-bond acceptors (Lipinski definition) is 9. The highest BCUT2D eigenvalue weighted by Gasteiger charge is 2.17. The first-order valence-corrected chi connectivity index (χ1v) is 10.6. The van der Waals surface area contributed by atoms with Crippen molar-refractivity contribution >= 4 is 44.7 Å². The SMILES string of the molecule is COc1cc(NS(=O)(=O)c2ccc(NC(=S)Nc3cc(=O)[nH]c(=O)[nH]3)cc2)nc(OC)n1. The molecule has 0 aliphatic rings. The Labute approximate surface area is 186 Å². The highest BCUT2D eigenvalue weighted by atomic mass is 32.2. The Balaban J connectivity index is 1.71. The van der Waals surface area contributed by atoms with Crippen LogP contribution in [0, 0.1) is 0 Å². The average molecular weight is 480 g/mol. The van der Waals surface area contributed by atoms with E-state index in [0.29, 0.717) is 5.69 Å². The van der Waals surface area contributed by atoms with Crippen LogP contribution in [-0.2, 0) is 10.0 Å². The van der Waals surface area contributed by atoms with Crippen LogP contribution in [0.25, 0.3) is 0 Å². The van der Waals surface area contributed by atoms with Gasteiger partial charge in [-0.25, -0.2) is 13.2 Å². The summed E-state index contributed by atoms with van der Waals surface area (Å²) >= 11 is 5.12. The van der Waals surface area contributed by atoms with Gasteiger partial charge in [-0.05, 0) is 36.5 Å². The van der Waals surface area contributed by atoms with Gasteiger partial charge in [0.05, 0.1) is 19.1 Å². The van der Waals surface area contributed by atoms with E-state index in [4.69, 9.17) is 21.7 Å². The van der Waals surface area contributed by atoms with E-state index in [-0.39, 0.29) is 33.5 Å². The summed E-state index contributed by atoms with van der Waals surface area (Å²) in [5, 5.41) is 5.52. The number of nitrogens with zero attached hydrogens (tertiary/aromatic N) is 2. The molecular formula is C17H17N7O6S2. The minimum atomic E-state index is -3.97. The van der Waals surface area contributed by atoms with Crippen molar-refractivity contribution in [3.05, 3.63) is 57.2 Å². The fourth-order valence-corrected chi connectivity index (χ4v) is 3.61. The van der Waals surface area contributed by atoms with Crippen molar-refractivity contribution in [1.29, 1.82) is 0 Å². The third-order valence-corrected chi connectivity index (χ3v) is 5.32. The lowest BCUT2D eigenvalue weighted by Gasteiger charge is -2.12. The lowest BCUT2D eigenvalue weighted by atomic mass is 10.3. The van der Waals surface area contributed by atoms with E-state index in [2.05, 4.69) is 30.3 Å². The van der Waals surface area contributed by atoms with Crippen molar-refractivity contribution in [2.45, 2.75) is 4.90 Å². The highest BCUT2D eigenvalue weighted by molar-refractivity contribution is 7.92. The molecule has 0 spiro atoms. The number of anilines is 3. The molecule has 3 rings (SSSR count). The molecular weight excluding hydrogens is 462 g/mol. The minimum absolute atomic E-state index is 0.0341. The first-order valence-electron chi connectivity index (χ1n) is 8.70. The normalized spacial score (nSPS) is 10.8. The molecule has 1 aromatic carbocycles. The maximum Gasteiger partial charge on any atom is 0.327 e. The minimum Gasteiger partial charge on any atom is -0.481 e. The van der Waals surface area contributed by atoms with Gasteiger partial charge in [0.25, 0.3) is 15.6 Å². The van der Waals surface area contributed by atoms with Crippen molar-refractivity contribution in [3.8, 4) is 11.9 Å². The molecule has 0 saturated carbocycles. The number of ether oxygens (including phenoxy) is 2. The second-order valence-electron chi connectivity index (χ2n) is 5.99. The molecule has 0 saturated heterocycles. The second kappa shape index (κ2) is 9.44.